The van der Waals surface area contributed by atoms with Crippen LogP contribution in [0.1, 0.15) is 47.3 Å². The lowest BCUT2D eigenvalue weighted by molar-refractivity contribution is -0.154. The van der Waals surface area contributed by atoms with Crippen molar-refractivity contribution in [3.05, 3.63) is 119 Å². The minimum absolute atomic E-state index is 0.0383. The molecule has 1 atom stereocenters. The van der Waals surface area contributed by atoms with Crippen molar-refractivity contribution >= 4 is 23.5 Å². The summed E-state index contributed by atoms with van der Waals surface area (Å²) < 4.78 is 39.2. The van der Waals surface area contributed by atoms with E-state index in [0.717, 1.165) is 17.7 Å². The van der Waals surface area contributed by atoms with Gasteiger partial charge in [-0.15, -0.1) is 0 Å². The van der Waals surface area contributed by atoms with Crippen LogP contribution in [0.5, 0.6) is 5.75 Å². The van der Waals surface area contributed by atoms with E-state index in [1.54, 1.807) is 32.0 Å². The Bertz CT molecular complexity index is 1670. The van der Waals surface area contributed by atoms with Crippen molar-refractivity contribution in [2.75, 3.05) is 18.4 Å². The van der Waals surface area contributed by atoms with E-state index in [1.807, 2.05) is 30.3 Å². The van der Waals surface area contributed by atoms with Gasteiger partial charge in [0.05, 0.1) is 11.3 Å². The molecule has 4 aromatic carbocycles. The fourth-order valence-electron chi connectivity index (χ4n) is 5.32. The molecule has 0 heterocycles. The zero-order chi connectivity index (χ0) is 32.8. The third kappa shape index (κ3) is 7.01. The predicted octanol–water partition coefficient (Wildman–Crippen LogP) is 7.15. The number of nitrogens with one attached hydrogen (secondary N) is 1. The summed E-state index contributed by atoms with van der Waals surface area (Å²) >= 11 is 0. The van der Waals surface area contributed by atoms with Gasteiger partial charge in [-0.05, 0) is 79.3 Å². The molecule has 45 heavy (non-hydrogen) atoms. The molecule has 0 aliphatic carbocycles. The SMILES string of the molecule is CCN(CC)C(=O)C(CCc1ccccc1)(C(=O)O)c1ccc(NC(=O)c2ccccc2-c2ccc(C(F)(F)F)cc2)c(O)c1. The van der Waals surface area contributed by atoms with Crippen LogP contribution in [0, 0.1) is 0 Å². The van der Waals surface area contributed by atoms with Gasteiger partial charge in [-0.3, -0.25) is 14.4 Å². The summed E-state index contributed by atoms with van der Waals surface area (Å²) in [5, 5.41) is 24.2. The van der Waals surface area contributed by atoms with E-state index in [2.05, 4.69) is 5.32 Å². The molecule has 0 aromatic heterocycles. The van der Waals surface area contributed by atoms with Gasteiger partial charge in [0.15, 0.2) is 5.41 Å². The van der Waals surface area contributed by atoms with Crippen molar-refractivity contribution in [1.29, 1.82) is 0 Å². The summed E-state index contributed by atoms with van der Waals surface area (Å²) in [6.45, 7) is 4.08. The third-order valence-corrected chi connectivity index (χ3v) is 7.85. The van der Waals surface area contributed by atoms with Crippen LogP contribution in [0.25, 0.3) is 11.1 Å². The number of carboxylic acid groups (broad SMARTS) is 1. The van der Waals surface area contributed by atoms with Crippen LogP contribution in [0.15, 0.2) is 97.1 Å². The molecular weight excluding hydrogens is 585 g/mol. The maximum Gasteiger partial charge on any atom is 0.416 e. The number of aryl methyl sites for hydroxylation is 1. The smallest absolute Gasteiger partial charge is 0.416 e. The molecule has 0 saturated heterocycles. The minimum Gasteiger partial charge on any atom is -0.506 e. The van der Waals surface area contributed by atoms with Crippen LogP contribution >= 0.6 is 0 Å². The summed E-state index contributed by atoms with van der Waals surface area (Å²) in [4.78, 5) is 41.6. The molecule has 4 aromatic rings. The number of nitrogens with zero attached hydrogens (tertiary/aromatic N) is 1. The fourth-order valence-corrected chi connectivity index (χ4v) is 5.32. The highest BCUT2D eigenvalue weighted by Gasteiger charge is 2.49. The lowest BCUT2D eigenvalue weighted by atomic mass is 9.74. The van der Waals surface area contributed by atoms with Crippen LogP contribution in [0.3, 0.4) is 0 Å². The zero-order valence-corrected chi connectivity index (χ0v) is 24.8. The van der Waals surface area contributed by atoms with Crippen LogP contribution in [0.2, 0.25) is 0 Å². The van der Waals surface area contributed by atoms with Crippen molar-refractivity contribution in [1.82, 2.24) is 4.90 Å². The number of anilines is 1. The molecule has 0 saturated carbocycles. The first kappa shape index (κ1) is 32.8. The van der Waals surface area contributed by atoms with Crippen LogP contribution in [-0.2, 0) is 27.6 Å². The number of aliphatic carboxylic acids is 1. The Morgan fingerprint density at radius 1 is 0.800 bits per heavy atom. The standard InChI is InChI=1S/C35H33F3N2O5/c1-3-40(4-2)32(43)34(33(44)45,21-20-23-10-6-5-7-11-23)26-18-19-29(30(41)22-26)39-31(42)28-13-9-8-12-27(28)24-14-16-25(17-15-24)35(36,37)38/h5-19,22,41H,3-4,20-21H2,1-2H3,(H,39,42)(H,44,45). The lowest BCUT2D eigenvalue weighted by Crippen LogP contribution is -2.52. The Labute approximate surface area is 258 Å². The molecule has 10 heteroatoms. The first-order valence-corrected chi connectivity index (χ1v) is 14.4. The van der Waals surface area contributed by atoms with Gasteiger partial charge in [-0.25, -0.2) is 0 Å². The van der Waals surface area contributed by atoms with E-state index in [-0.39, 0.29) is 42.7 Å². The Balaban J connectivity index is 1.68. The van der Waals surface area contributed by atoms with Gasteiger partial charge < -0.3 is 20.4 Å². The molecule has 0 aliphatic rings. The molecule has 4 rings (SSSR count). The van der Waals surface area contributed by atoms with Crippen LogP contribution in [0.4, 0.5) is 18.9 Å². The number of alkyl halides is 3. The normalized spacial score (nSPS) is 12.6. The van der Waals surface area contributed by atoms with Gasteiger partial charge in [0.1, 0.15) is 5.75 Å². The number of carbonyl (C=O) groups excluding carboxylic acids is 2. The first-order chi connectivity index (χ1) is 21.4. The second-order valence-corrected chi connectivity index (χ2v) is 10.5. The van der Waals surface area contributed by atoms with Gasteiger partial charge in [0.25, 0.3) is 5.91 Å². The molecule has 3 N–H and O–H groups in total. The predicted molar refractivity (Wildman–Crippen MR) is 165 cm³/mol. The number of phenolic OH excluding ortho intramolecular Hbond substituents is 1. The third-order valence-electron chi connectivity index (χ3n) is 7.85. The monoisotopic (exact) mass is 618 g/mol. The zero-order valence-electron chi connectivity index (χ0n) is 24.8. The van der Waals surface area contributed by atoms with Crippen LogP contribution in [-0.4, -0.2) is 46.0 Å². The number of rotatable bonds is 11. The van der Waals surface area contributed by atoms with E-state index in [4.69, 9.17) is 0 Å². The molecule has 7 nitrogen and oxygen atoms in total. The minimum atomic E-state index is -4.51. The second-order valence-electron chi connectivity index (χ2n) is 10.5. The van der Waals surface area contributed by atoms with Gasteiger partial charge in [0.2, 0.25) is 5.91 Å². The number of aromatic hydroxyl groups is 1. The summed E-state index contributed by atoms with van der Waals surface area (Å²) in [5.41, 5.74) is -1.08. The van der Waals surface area contributed by atoms with Crippen molar-refractivity contribution in [2.24, 2.45) is 0 Å². The maximum absolute atomic E-state index is 13.8. The number of phenols is 1. The Morgan fingerprint density at radius 2 is 1.40 bits per heavy atom. The summed E-state index contributed by atoms with van der Waals surface area (Å²) in [6.07, 6.45) is -4.30. The summed E-state index contributed by atoms with van der Waals surface area (Å²) in [6, 6.07) is 23.8. The average Bonchev–Trinajstić information content (AvgIpc) is 3.03. The van der Waals surface area contributed by atoms with Crippen LogP contribution < -0.4 is 5.32 Å². The molecule has 234 valence electrons. The van der Waals surface area contributed by atoms with Crippen molar-refractivity contribution in [2.45, 2.75) is 38.3 Å². The molecule has 0 spiro atoms. The molecule has 1 unspecified atom stereocenters. The molecule has 2 amide bonds. The van der Waals surface area contributed by atoms with Gasteiger partial charge >= 0.3 is 12.1 Å². The summed E-state index contributed by atoms with van der Waals surface area (Å²) in [5.74, 6) is -3.08. The number of hydrogen-bond acceptors (Lipinski definition) is 4. The van der Waals surface area contributed by atoms with Crippen molar-refractivity contribution < 1.29 is 37.8 Å². The van der Waals surface area contributed by atoms with E-state index in [0.29, 0.717) is 11.1 Å². The number of hydrogen-bond donors (Lipinski definition) is 3. The second kappa shape index (κ2) is 13.7. The van der Waals surface area contributed by atoms with Crippen molar-refractivity contribution in [3.8, 4) is 16.9 Å². The highest BCUT2D eigenvalue weighted by Crippen LogP contribution is 2.38. The van der Waals surface area contributed by atoms with Gasteiger partial charge in [-0.1, -0.05) is 66.7 Å². The number of benzene rings is 4. The van der Waals surface area contributed by atoms with E-state index >= 15 is 0 Å². The first-order valence-electron chi connectivity index (χ1n) is 14.4. The quantitative estimate of drug-likeness (QED) is 0.122. The molecule has 0 bridgehead atoms. The Hall–Kier alpha value is -5.12. The number of likely N-dealkylation sites (N-methyl/N-ethyl adjacent to an activating group) is 1. The number of carboxylic acids is 1. The van der Waals surface area contributed by atoms with Crippen molar-refractivity contribution in [3.63, 3.8) is 0 Å². The molecular formula is C35H33F3N2O5. The highest BCUT2D eigenvalue weighted by atomic mass is 19.4. The largest absolute Gasteiger partial charge is 0.506 e. The average molecular weight is 619 g/mol. The molecule has 0 fully saturated rings. The Kier molecular flexibility index (Phi) is 9.96. The number of amides is 2. The highest BCUT2D eigenvalue weighted by molar-refractivity contribution is 6.10. The van der Waals surface area contributed by atoms with E-state index in [1.165, 1.54) is 41.3 Å². The summed E-state index contributed by atoms with van der Waals surface area (Å²) in [7, 11) is 0. The molecule has 0 aliphatic heterocycles. The number of carbonyl (C=O) groups is 3. The van der Waals surface area contributed by atoms with Gasteiger partial charge in [0, 0.05) is 18.7 Å². The van der Waals surface area contributed by atoms with Gasteiger partial charge in [-0.2, -0.15) is 13.2 Å². The lowest BCUT2D eigenvalue weighted by Gasteiger charge is -2.34. The number of halogens is 3. The maximum atomic E-state index is 13.8. The Morgan fingerprint density at radius 3 is 1.98 bits per heavy atom. The fraction of sp³-hybridized carbons (Fsp3) is 0.229. The topological polar surface area (TPSA) is 107 Å². The van der Waals surface area contributed by atoms with E-state index in [9.17, 15) is 37.8 Å². The molecule has 0 radical (unpaired) electrons. The van der Waals surface area contributed by atoms with E-state index < -0.39 is 40.7 Å².